The number of halogens is 1. The van der Waals surface area contributed by atoms with Crippen molar-refractivity contribution in [3.8, 4) is 0 Å². The summed E-state index contributed by atoms with van der Waals surface area (Å²) in [7, 11) is 0. The van der Waals surface area contributed by atoms with Crippen LogP contribution in [0.15, 0.2) is 16.8 Å². The van der Waals surface area contributed by atoms with Crippen LogP contribution in [0, 0.1) is 5.92 Å². The summed E-state index contributed by atoms with van der Waals surface area (Å²) in [4.78, 5) is 11.9. The van der Waals surface area contributed by atoms with Crippen LogP contribution in [0.3, 0.4) is 0 Å². The van der Waals surface area contributed by atoms with Crippen LogP contribution in [0.25, 0.3) is 0 Å². The molecule has 0 spiro atoms. The van der Waals surface area contributed by atoms with E-state index in [0.717, 1.165) is 25.1 Å². The number of thiophene rings is 1. The maximum atomic E-state index is 11.9. The van der Waals surface area contributed by atoms with E-state index in [1.165, 1.54) is 0 Å². The Balaban J connectivity index is 0.00000128. The highest BCUT2D eigenvalue weighted by Gasteiger charge is 2.31. The molecule has 2 atom stereocenters. The molecule has 2 unspecified atom stereocenters. The Labute approximate surface area is 106 Å². The first-order chi connectivity index (χ1) is 7.31. The first kappa shape index (κ1) is 13.5. The SMILES string of the molecule is CCC1NCCC1C(=O)Nc1ccsc1.Cl. The second-order valence-corrected chi connectivity index (χ2v) is 4.65. The Hall–Kier alpha value is -0.580. The van der Waals surface area contributed by atoms with Crippen LogP contribution >= 0.6 is 23.7 Å². The molecule has 1 aromatic rings. The molecule has 0 saturated carbocycles. The smallest absolute Gasteiger partial charge is 0.229 e. The van der Waals surface area contributed by atoms with Gasteiger partial charge in [-0.3, -0.25) is 4.79 Å². The van der Waals surface area contributed by atoms with Crippen LogP contribution in [0.2, 0.25) is 0 Å². The average Bonchev–Trinajstić information content (AvgIpc) is 2.86. The highest BCUT2D eigenvalue weighted by molar-refractivity contribution is 7.08. The highest BCUT2D eigenvalue weighted by Crippen LogP contribution is 2.21. The number of anilines is 1. The molecule has 2 rings (SSSR count). The average molecular weight is 261 g/mol. The van der Waals surface area contributed by atoms with Gasteiger partial charge in [0.1, 0.15) is 0 Å². The second-order valence-electron chi connectivity index (χ2n) is 3.87. The van der Waals surface area contributed by atoms with Gasteiger partial charge in [0.05, 0.1) is 11.6 Å². The predicted molar refractivity (Wildman–Crippen MR) is 70.4 cm³/mol. The van der Waals surface area contributed by atoms with Gasteiger partial charge in [-0.1, -0.05) is 6.92 Å². The Bertz CT molecular complexity index is 329. The van der Waals surface area contributed by atoms with E-state index in [1.54, 1.807) is 11.3 Å². The fourth-order valence-corrected chi connectivity index (χ4v) is 2.67. The van der Waals surface area contributed by atoms with Crippen molar-refractivity contribution in [2.75, 3.05) is 11.9 Å². The van der Waals surface area contributed by atoms with Crippen LogP contribution < -0.4 is 10.6 Å². The molecule has 1 aliphatic heterocycles. The third-order valence-corrected chi connectivity index (χ3v) is 3.60. The zero-order valence-corrected chi connectivity index (χ0v) is 10.9. The molecule has 3 nitrogen and oxygen atoms in total. The van der Waals surface area contributed by atoms with Crippen molar-refractivity contribution in [1.82, 2.24) is 5.32 Å². The maximum absolute atomic E-state index is 11.9. The molecule has 16 heavy (non-hydrogen) atoms. The summed E-state index contributed by atoms with van der Waals surface area (Å²) in [6.07, 6.45) is 1.97. The van der Waals surface area contributed by atoms with Gasteiger partial charge in [0, 0.05) is 11.4 Å². The van der Waals surface area contributed by atoms with Gasteiger partial charge < -0.3 is 10.6 Å². The number of carbonyl (C=O) groups is 1. The van der Waals surface area contributed by atoms with Gasteiger partial charge in [0.25, 0.3) is 0 Å². The van der Waals surface area contributed by atoms with Crippen molar-refractivity contribution < 1.29 is 4.79 Å². The van der Waals surface area contributed by atoms with Gasteiger partial charge in [-0.25, -0.2) is 0 Å². The summed E-state index contributed by atoms with van der Waals surface area (Å²) in [5, 5.41) is 10.2. The van der Waals surface area contributed by atoms with Crippen LogP contribution in [-0.2, 0) is 4.79 Å². The Morgan fingerprint density at radius 3 is 3.12 bits per heavy atom. The van der Waals surface area contributed by atoms with Gasteiger partial charge in [0.15, 0.2) is 0 Å². The van der Waals surface area contributed by atoms with E-state index in [-0.39, 0.29) is 24.2 Å². The summed E-state index contributed by atoms with van der Waals surface area (Å²) in [6, 6.07) is 2.29. The van der Waals surface area contributed by atoms with E-state index in [2.05, 4.69) is 17.6 Å². The van der Waals surface area contributed by atoms with Gasteiger partial charge in [-0.2, -0.15) is 11.3 Å². The number of rotatable bonds is 3. The van der Waals surface area contributed by atoms with E-state index in [9.17, 15) is 4.79 Å². The van der Waals surface area contributed by atoms with E-state index < -0.39 is 0 Å². The second kappa shape index (κ2) is 6.23. The Morgan fingerprint density at radius 1 is 1.69 bits per heavy atom. The van der Waals surface area contributed by atoms with Crippen LogP contribution in [0.4, 0.5) is 5.69 Å². The molecule has 1 fully saturated rings. The minimum absolute atomic E-state index is 0. The molecule has 90 valence electrons. The number of amides is 1. The molecule has 0 aliphatic carbocycles. The topological polar surface area (TPSA) is 41.1 Å². The van der Waals surface area contributed by atoms with E-state index in [0.29, 0.717) is 6.04 Å². The molecule has 5 heteroatoms. The largest absolute Gasteiger partial charge is 0.325 e. The molecule has 0 bridgehead atoms. The molecule has 1 saturated heterocycles. The molecular weight excluding hydrogens is 244 g/mol. The lowest BCUT2D eigenvalue weighted by Crippen LogP contribution is -2.33. The molecular formula is C11H17ClN2OS. The zero-order chi connectivity index (χ0) is 10.7. The first-order valence-corrected chi connectivity index (χ1v) is 6.32. The fourth-order valence-electron chi connectivity index (χ4n) is 2.08. The zero-order valence-electron chi connectivity index (χ0n) is 9.23. The Morgan fingerprint density at radius 2 is 2.50 bits per heavy atom. The van der Waals surface area contributed by atoms with Crippen molar-refractivity contribution in [2.24, 2.45) is 5.92 Å². The monoisotopic (exact) mass is 260 g/mol. The lowest BCUT2D eigenvalue weighted by atomic mass is 9.98. The minimum Gasteiger partial charge on any atom is -0.325 e. The first-order valence-electron chi connectivity index (χ1n) is 5.37. The quantitative estimate of drug-likeness (QED) is 0.877. The summed E-state index contributed by atoms with van der Waals surface area (Å²) in [5.41, 5.74) is 0.923. The minimum atomic E-state index is 0. The lowest BCUT2D eigenvalue weighted by Gasteiger charge is -2.16. The highest BCUT2D eigenvalue weighted by atomic mass is 35.5. The fraction of sp³-hybridized carbons (Fsp3) is 0.545. The van der Waals surface area contributed by atoms with Crippen molar-refractivity contribution in [1.29, 1.82) is 0 Å². The van der Waals surface area contributed by atoms with Crippen molar-refractivity contribution in [3.63, 3.8) is 0 Å². The van der Waals surface area contributed by atoms with Gasteiger partial charge in [-0.15, -0.1) is 12.4 Å². The predicted octanol–water partition coefficient (Wildman–Crippen LogP) is 2.50. The standard InChI is InChI=1S/C11H16N2OS.ClH/c1-2-10-9(3-5-12-10)11(14)13-8-4-6-15-7-8;/h4,6-7,9-10,12H,2-3,5H2,1H3,(H,13,14);1H. The third-order valence-electron chi connectivity index (χ3n) is 2.91. The maximum Gasteiger partial charge on any atom is 0.229 e. The van der Waals surface area contributed by atoms with Crippen molar-refractivity contribution >= 4 is 35.3 Å². The summed E-state index contributed by atoms with van der Waals surface area (Å²) in [6.45, 7) is 3.08. The normalized spacial score (nSPS) is 23.8. The molecule has 2 N–H and O–H groups in total. The molecule has 2 heterocycles. The summed E-state index contributed by atoms with van der Waals surface area (Å²) >= 11 is 1.60. The summed E-state index contributed by atoms with van der Waals surface area (Å²) in [5.74, 6) is 0.292. The number of carbonyl (C=O) groups excluding carboxylic acids is 1. The third kappa shape index (κ3) is 2.97. The Kier molecular flexibility index (Phi) is 5.25. The van der Waals surface area contributed by atoms with Gasteiger partial charge in [-0.05, 0) is 30.8 Å². The van der Waals surface area contributed by atoms with Crippen molar-refractivity contribution in [3.05, 3.63) is 16.8 Å². The van der Waals surface area contributed by atoms with Crippen LogP contribution in [0.1, 0.15) is 19.8 Å². The van der Waals surface area contributed by atoms with Crippen molar-refractivity contribution in [2.45, 2.75) is 25.8 Å². The number of hydrogen-bond donors (Lipinski definition) is 2. The number of hydrogen-bond acceptors (Lipinski definition) is 3. The summed E-state index contributed by atoms with van der Waals surface area (Å²) < 4.78 is 0. The molecule has 0 radical (unpaired) electrons. The van der Waals surface area contributed by atoms with Gasteiger partial charge >= 0.3 is 0 Å². The van der Waals surface area contributed by atoms with Crippen LogP contribution in [0.5, 0.6) is 0 Å². The number of nitrogens with one attached hydrogen (secondary N) is 2. The van der Waals surface area contributed by atoms with E-state index >= 15 is 0 Å². The van der Waals surface area contributed by atoms with Crippen LogP contribution in [-0.4, -0.2) is 18.5 Å². The van der Waals surface area contributed by atoms with E-state index in [4.69, 9.17) is 0 Å². The molecule has 1 amide bonds. The molecule has 0 aromatic carbocycles. The lowest BCUT2D eigenvalue weighted by molar-refractivity contribution is -0.120. The van der Waals surface area contributed by atoms with Gasteiger partial charge in [0.2, 0.25) is 5.91 Å². The van der Waals surface area contributed by atoms with E-state index in [1.807, 2.05) is 16.8 Å². The molecule has 1 aromatic heterocycles. The molecule has 1 aliphatic rings.